The summed E-state index contributed by atoms with van der Waals surface area (Å²) < 4.78 is 0. The fourth-order valence-corrected chi connectivity index (χ4v) is 4.00. The zero-order chi connectivity index (χ0) is 17.5. The molecule has 5 heteroatoms. The van der Waals surface area contributed by atoms with Crippen LogP contribution >= 0.6 is 0 Å². The minimum Gasteiger partial charge on any atom is -0.338 e. The van der Waals surface area contributed by atoms with Crippen LogP contribution in [-0.2, 0) is 4.79 Å². The second kappa shape index (κ2) is 8.88. The molecule has 0 spiro atoms. The molecule has 0 unspecified atom stereocenters. The molecule has 1 saturated carbocycles. The van der Waals surface area contributed by atoms with Crippen LogP contribution in [0.25, 0.3) is 0 Å². The van der Waals surface area contributed by atoms with E-state index < -0.39 is 0 Å². The molecular formula is C20H29N3O2. The molecular weight excluding hydrogens is 314 g/mol. The lowest BCUT2D eigenvalue weighted by Crippen LogP contribution is -2.44. The van der Waals surface area contributed by atoms with Crippen molar-refractivity contribution in [3.63, 3.8) is 0 Å². The van der Waals surface area contributed by atoms with Gasteiger partial charge in [0.05, 0.1) is 6.04 Å². The number of likely N-dealkylation sites (tertiary alicyclic amines) is 1. The molecule has 2 N–H and O–H groups in total. The number of hydrogen-bond donors (Lipinski definition) is 2. The van der Waals surface area contributed by atoms with Crippen molar-refractivity contribution in [3.8, 4) is 0 Å². The minimum absolute atomic E-state index is 0.129. The lowest BCUT2D eigenvalue weighted by atomic mass is 9.96. The Bertz CT molecular complexity index is 570. The Labute approximate surface area is 150 Å². The van der Waals surface area contributed by atoms with Gasteiger partial charge in [-0.25, -0.2) is 4.79 Å². The Morgan fingerprint density at radius 2 is 1.76 bits per heavy atom. The molecule has 1 aliphatic carbocycles. The Hall–Kier alpha value is -2.04. The van der Waals surface area contributed by atoms with Gasteiger partial charge in [-0.2, -0.15) is 0 Å². The Morgan fingerprint density at radius 3 is 2.52 bits per heavy atom. The minimum atomic E-state index is -0.138. The summed E-state index contributed by atoms with van der Waals surface area (Å²) in [5.41, 5.74) is 1.20. The van der Waals surface area contributed by atoms with Gasteiger partial charge in [-0.05, 0) is 31.2 Å². The van der Waals surface area contributed by atoms with E-state index in [1.165, 1.54) is 24.8 Å². The summed E-state index contributed by atoms with van der Waals surface area (Å²) in [7, 11) is 0. The van der Waals surface area contributed by atoms with Gasteiger partial charge in [0, 0.05) is 25.6 Å². The summed E-state index contributed by atoms with van der Waals surface area (Å²) in [6.07, 6.45) is 8.22. The molecule has 2 aliphatic rings. The predicted octanol–water partition coefficient (Wildman–Crippen LogP) is 3.37. The highest BCUT2D eigenvalue weighted by Gasteiger charge is 2.29. The molecule has 25 heavy (non-hydrogen) atoms. The molecule has 1 atom stereocenters. The van der Waals surface area contributed by atoms with Gasteiger partial charge in [0.2, 0.25) is 5.91 Å². The topological polar surface area (TPSA) is 61.4 Å². The van der Waals surface area contributed by atoms with Crippen LogP contribution in [-0.4, -0.2) is 36.0 Å². The van der Waals surface area contributed by atoms with Crippen LogP contribution in [0.1, 0.15) is 63.0 Å². The third-order valence-electron chi connectivity index (χ3n) is 5.32. The monoisotopic (exact) mass is 343 g/mol. The number of carbonyl (C=O) groups is 2. The zero-order valence-corrected chi connectivity index (χ0v) is 14.9. The molecule has 3 amide bonds. The molecule has 1 heterocycles. The summed E-state index contributed by atoms with van der Waals surface area (Å²) in [6.45, 7) is 1.21. The largest absolute Gasteiger partial charge is 0.338 e. The average Bonchev–Trinajstić information content (AvgIpc) is 3.13. The molecule has 0 radical (unpaired) electrons. The maximum absolute atomic E-state index is 12.6. The van der Waals surface area contributed by atoms with Crippen LogP contribution in [0.2, 0.25) is 0 Å². The van der Waals surface area contributed by atoms with Gasteiger partial charge in [0.15, 0.2) is 0 Å². The first-order valence-corrected chi connectivity index (χ1v) is 9.63. The molecule has 3 rings (SSSR count). The maximum Gasteiger partial charge on any atom is 0.315 e. The van der Waals surface area contributed by atoms with Crippen LogP contribution in [0, 0.1) is 0 Å². The standard InChI is InChI=1S/C20H29N3O2/c24-19(13-14-21-20(25)22-17-10-5-2-6-11-17)23-15-7-12-18(23)16-8-3-1-4-9-16/h1,3-4,8-9,17-18H,2,5-7,10-15H2,(H2,21,22,25)/t18-/m0/s1. The van der Waals surface area contributed by atoms with Crippen molar-refractivity contribution in [1.82, 2.24) is 15.5 Å². The number of nitrogens with one attached hydrogen (secondary N) is 2. The molecule has 1 aliphatic heterocycles. The Kier molecular flexibility index (Phi) is 6.31. The van der Waals surface area contributed by atoms with Crippen LogP contribution in [0.4, 0.5) is 4.79 Å². The molecule has 0 aromatic heterocycles. The summed E-state index contributed by atoms with van der Waals surface area (Å²) in [6, 6.07) is 10.6. The van der Waals surface area contributed by atoms with Crippen molar-refractivity contribution in [3.05, 3.63) is 35.9 Å². The van der Waals surface area contributed by atoms with E-state index in [1.807, 2.05) is 23.1 Å². The predicted molar refractivity (Wildman–Crippen MR) is 98.2 cm³/mol. The second-order valence-electron chi connectivity index (χ2n) is 7.14. The lowest BCUT2D eigenvalue weighted by molar-refractivity contribution is -0.132. The number of nitrogens with zero attached hydrogens (tertiary/aromatic N) is 1. The Morgan fingerprint density at radius 1 is 1.00 bits per heavy atom. The first-order chi connectivity index (χ1) is 12.2. The van der Waals surface area contributed by atoms with Gasteiger partial charge in [-0.1, -0.05) is 49.6 Å². The maximum atomic E-state index is 12.6. The third-order valence-corrected chi connectivity index (χ3v) is 5.32. The summed E-state index contributed by atoms with van der Waals surface area (Å²) >= 11 is 0. The number of amides is 3. The van der Waals surface area contributed by atoms with E-state index in [0.717, 1.165) is 32.2 Å². The molecule has 0 bridgehead atoms. The fourth-order valence-electron chi connectivity index (χ4n) is 4.00. The van der Waals surface area contributed by atoms with Crippen LogP contribution < -0.4 is 10.6 Å². The SMILES string of the molecule is O=C(NCCC(=O)N1CCC[C@H]1c1ccccc1)NC1CCCCC1. The zero-order valence-electron chi connectivity index (χ0n) is 14.9. The van der Waals surface area contributed by atoms with Gasteiger partial charge in [0.1, 0.15) is 0 Å². The van der Waals surface area contributed by atoms with E-state index in [1.54, 1.807) is 0 Å². The van der Waals surface area contributed by atoms with Gasteiger partial charge in [-0.3, -0.25) is 4.79 Å². The van der Waals surface area contributed by atoms with E-state index in [0.29, 0.717) is 19.0 Å². The first-order valence-electron chi connectivity index (χ1n) is 9.63. The molecule has 5 nitrogen and oxygen atoms in total. The quantitative estimate of drug-likeness (QED) is 0.861. The molecule has 136 valence electrons. The molecule has 1 aromatic carbocycles. The molecule has 2 fully saturated rings. The first kappa shape index (κ1) is 17.8. The Balaban J connectivity index is 1.42. The van der Waals surface area contributed by atoms with Crippen LogP contribution in [0.15, 0.2) is 30.3 Å². The highest BCUT2D eigenvalue weighted by Crippen LogP contribution is 2.32. The number of benzene rings is 1. The third kappa shape index (κ3) is 4.97. The second-order valence-corrected chi connectivity index (χ2v) is 7.14. The van der Waals surface area contributed by atoms with Gasteiger partial charge in [-0.15, -0.1) is 0 Å². The van der Waals surface area contributed by atoms with Gasteiger partial charge < -0.3 is 15.5 Å². The van der Waals surface area contributed by atoms with E-state index in [4.69, 9.17) is 0 Å². The number of carbonyl (C=O) groups excluding carboxylic acids is 2. The van der Waals surface area contributed by atoms with Crippen molar-refractivity contribution in [2.75, 3.05) is 13.1 Å². The number of urea groups is 1. The molecule has 1 saturated heterocycles. The van der Waals surface area contributed by atoms with Crippen molar-refractivity contribution in [2.24, 2.45) is 0 Å². The highest BCUT2D eigenvalue weighted by molar-refractivity contribution is 5.79. The number of hydrogen-bond acceptors (Lipinski definition) is 2. The summed E-state index contributed by atoms with van der Waals surface area (Å²) in [4.78, 5) is 26.5. The van der Waals surface area contributed by atoms with E-state index in [9.17, 15) is 9.59 Å². The van der Waals surface area contributed by atoms with Crippen LogP contribution in [0.5, 0.6) is 0 Å². The van der Waals surface area contributed by atoms with Gasteiger partial charge in [0.25, 0.3) is 0 Å². The summed E-state index contributed by atoms with van der Waals surface area (Å²) in [5.74, 6) is 0.129. The van der Waals surface area contributed by atoms with E-state index in [2.05, 4.69) is 22.8 Å². The van der Waals surface area contributed by atoms with Crippen molar-refractivity contribution in [1.29, 1.82) is 0 Å². The van der Waals surface area contributed by atoms with E-state index in [-0.39, 0.29) is 18.0 Å². The number of rotatable bonds is 5. The summed E-state index contributed by atoms with van der Waals surface area (Å²) in [5, 5.41) is 5.86. The normalized spacial score (nSPS) is 21.1. The van der Waals surface area contributed by atoms with Gasteiger partial charge >= 0.3 is 6.03 Å². The highest BCUT2D eigenvalue weighted by atomic mass is 16.2. The van der Waals surface area contributed by atoms with E-state index >= 15 is 0 Å². The van der Waals surface area contributed by atoms with Crippen LogP contribution in [0.3, 0.4) is 0 Å². The smallest absolute Gasteiger partial charge is 0.315 e. The molecule has 1 aromatic rings. The average molecular weight is 343 g/mol. The van der Waals surface area contributed by atoms with Crippen molar-refractivity contribution >= 4 is 11.9 Å². The van der Waals surface area contributed by atoms with Crippen molar-refractivity contribution < 1.29 is 9.59 Å². The lowest BCUT2D eigenvalue weighted by Gasteiger charge is -2.25. The van der Waals surface area contributed by atoms with Crippen molar-refractivity contribution in [2.45, 2.75) is 63.5 Å². The fraction of sp³-hybridized carbons (Fsp3) is 0.600.